The number of carbonyl (C=O) groups is 2. The fraction of sp³-hybridized carbons (Fsp3) is 0.906. The molecule has 0 radical (unpaired) electrons. The molecule has 3 saturated carbocycles. The molecule has 3 aliphatic carbocycles. The molecule has 2 aliphatic heterocycles. The highest BCUT2D eigenvalue weighted by atomic mass is 35.5. The molecule has 0 aromatic carbocycles. The van der Waals surface area contributed by atoms with Gasteiger partial charge in [0.15, 0.2) is 0 Å². The van der Waals surface area contributed by atoms with Crippen molar-refractivity contribution < 1.29 is 23.9 Å². The van der Waals surface area contributed by atoms with Crippen molar-refractivity contribution in [2.24, 2.45) is 22.7 Å². The molecule has 5 unspecified atom stereocenters. The second-order valence-electron chi connectivity index (χ2n) is 14.7. The van der Waals surface area contributed by atoms with Crippen LogP contribution in [0, 0.1) is 17.8 Å². The number of halogens is 1. The van der Waals surface area contributed by atoms with Crippen molar-refractivity contribution in [3.05, 3.63) is 0 Å². The normalized spacial score (nSPS) is 37.6. The summed E-state index contributed by atoms with van der Waals surface area (Å²) in [6.45, 7) is 6.73. The zero-order valence-corrected chi connectivity index (χ0v) is 29.5. The van der Waals surface area contributed by atoms with Gasteiger partial charge in [-0.1, -0.05) is 0 Å². The number of hydrogen-bond acceptors (Lipinski definition) is 9. The first-order valence-electron chi connectivity index (χ1n) is 17.4. The van der Waals surface area contributed by atoms with E-state index in [0.29, 0.717) is 37.2 Å². The Morgan fingerprint density at radius 2 is 1.69 bits per heavy atom. The SMILES string of the molecule is COC1CCC2C(C1)C(C1CCC(Cl)CC1)=N[C@@H](CC(=O)NCCNC(=O)C1CCC(OC[Si](C)(C)O)CC1)C1NNC(C)N21. The lowest BCUT2D eigenvalue weighted by Crippen LogP contribution is -2.55. The molecule has 5 aliphatic rings. The Balaban J connectivity index is 1.15. The number of alkyl halides is 1. The van der Waals surface area contributed by atoms with E-state index >= 15 is 0 Å². The van der Waals surface area contributed by atoms with E-state index in [4.69, 9.17) is 26.1 Å². The first-order valence-corrected chi connectivity index (χ1v) is 21.0. The number of hydrogen-bond donors (Lipinski definition) is 5. The van der Waals surface area contributed by atoms with Gasteiger partial charge in [-0.2, -0.15) is 0 Å². The molecule has 5 rings (SSSR count). The molecule has 4 fully saturated rings. The number of methoxy groups -OCH3 is 1. The number of rotatable bonds is 11. The molecule has 1 saturated heterocycles. The maximum absolute atomic E-state index is 13.3. The van der Waals surface area contributed by atoms with E-state index in [0.717, 1.165) is 70.6 Å². The summed E-state index contributed by atoms with van der Waals surface area (Å²) in [6, 6.07) is 0.128. The first kappa shape index (κ1) is 35.2. The Labute approximate surface area is 275 Å². The molecule has 6 atom stereocenters. The molecular formula is C32H57ClN6O5Si. The largest absolute Gasteiger partial charge is 0.430 e. The van der Waals surface area contributed by atoms with Crippen LogP contribution >= 0.6 is 11.6 Å². The van der Waals surface area contributed by atoms with Gasteiger partial charge in [-0.25, -0.2) is 10.9 Å². The summed E-state index contributed by atoms with van der Waals surface area (Å²) in [4.78, 5) is 44.2. The van der Waals surface area contributed by atoms with Gasteiger partial charge in [-0.05, 0) is 96.6 Å². The monoisotopic (exact) mass is 668 g/mol. The van der Waals surface area contributed by atoms with Crippen molar-refractivity contribution in [3.8, 4) is 0 Å². The molecule has 2 heterocycles. The maximum atomic E-state index is 13.3. The number of ether oxygens (including phenoxy) is 2. The molecule has 5 N–H and O–H groups in total. The highest BCUT2D eigenvalue weighted by molar-refractivity contribution is 6.69. The first-order chi connectivity index (χ1) is 21.5. The highest BCUT2D eigenvalue weighted by Crippen LogP contribution is 2.42. The van der Waals surface area contributed by atoms with Gasteiger partial charge in [0.2, 0.25) is 20.1 Å². The van der Waals surface area contributed by atoms with Gasteiger partial charge in [-0.15, -0.1) is 11.6 Å². The molecule has 0 spiro atoms. The molecule has 2 amide bonds. The number of carbonyl (C=O) groups excluding carboxylic acids is 2. The van der Waals surface area contributed by atoms with Crippen LogP contribution in [0.4, 0.5) is 0 Å². The van der Waals surface area contributed by atoms with Crippen molar-refractivity contribution in [2.45, 2.75) is 139 Å². The minimum Gasteiger partial charge on any atom is -0.430 e. The van der Waals surface area contributed by atoms with Gasteiger partial charge < -0.3 is 24.9 Å². The number of nitrogens with one attached hydrogen (secondary N) is 4. The van der Waals surface area contributed by atoms with E-state index in [1.165, 1.54) is 5.71 Å². The van der Waals surface area contributed by atoms with Crippen LogP contribution in [0.2, 0.25) is 13.1 Å². The van der Waals surface area contributed by atoms with Crippen molar-refractivity contribution in [1.29, 1.82) is 0 Å². The maximum Gasteiger partial charge on any atom is 0.223 e. The lowest BCUT2D eigenvalue weighted by atomic mass is 9.72. The van der Waals surface area contributed by atoms with E-state index in [9.17, 15) is 14.4 Å². The van der Waals surface area contributed by atoms with Crippen molar-refractivity contribution in [2.75, 3.05) is 26.4 Å². The van der Waals surface area contributed by atoms with Crippen LogP contribution in [0.5, 0.6) is 0 Å². The summed E-state index contributed by atoms with van der Waals surface area (Å²) < 4.78 is 11.8. The van der Waals surface area contributed by atoms with Gasteiger partial charge in [0.05, 0.1) is 43.2 Å². The van der Waals surface area contributed by atoms with Crippen LogP contribution in [0.15, 0.2) is 4.99 Å². The van der Waals surface area contributed by atoms with Gasteiger partial charge >= 0.3 is 0 Å². The second kappa shape index (κ2) is 15.8. The molecule has 45 heavy (non-hydrogen) atoms. The second-order valence-corrected chi connectivity index (χ2v) is 19.2. The average molecular weight is 669 g/mol. The van der Waals surface area contributed by atoms with E-state index in [1.54, 1.807) is 0 Å². The van der Waals surface area contributed by atoms with Crippen molar-refractivity contribution >= 4 is 37.4 Å². The molecular weight excluding hydrogens is 612 g/mol. The minimum absolute atomic E-state index is 0.0253. The fourth-order valence-corrected chi connectivity index (χ4v) is 9.16. The summed E-state index contributed by atoms with van der Waals surface area (Å²) in [6.07, 6.45) is 11.6. The predicted octanol–water partition coefficient (Wildman–Crippen LogP) is 2.81. The van der Waals surface area contributed by atoms with Crippen LogP contribution in [0.25, 0.3) is 0 Å². The highest BCUT2D eigenvalue weighted by Gasteiger charge is 2.50. The van der Waals surface area contributed by atoms with E-state index < -0.39 is 8.32 Å². The lowest BCUT2D eigenvalue weighted by Gasteiger charge is -2.44. The van der Waals surface area contributed by atoms with E-state index in [1.807, 2.05) is 20.2 Å². The molecule has 0 aromatic heterocycles. The molecule has 0 bridgehead atoms. The van der Waals surface area contributed by atoms with Crippen LogP contribution in [-0.4, -0.2) is 104 Å². The number of amides is 2. The Morgan fingerprint density at radius 1 is 1.00 bits per heavy atom. The lowest BCUT2D eigenvalue weighted by molar-refractivity contribution is -0.127. The van der Waals surface area contributed by atoms with Crippen LogP contribution in [0.3, 0.4) is 0 Å². The number of hydrazine groups is 1. The predicted molar refractivity (Wildman–Crippen MR) is 178 cm³/mol. The Bertz CT molecular complexity index is 1030. The smallest absolute Gasteiger partial charge is 0.223 e. The standard InChI is InChI=1S/C32H57ClN6O5Si/c1-20-37-38-31-27(18-29(40)34-15-16-35-32(41)22-7-11-24(12-8-22)44-19-45(3,4)42)36-30(21-5-9-23(33)10-6-21)26-17-25(43-2)13-14-28(26)39(20)31/h20-28,31,37-38,42H,5-19H2,1-4H3,(H,34,40)(H,35,41)/t20?,21?,22?,23?,24?,25?,26?,27-,28?,31?/m0/s1. The van der Waals surface area contributed by atoms with Crippen molar-refractivity contribution in [1.82, 2.24) is 26.4 Å². The zero-order chi connectivity index (χ0) is 32.1. The van der Waals surface area contributed by atoms with Crippen LogP contribution in [0.1, 0.15) is 84.0 Å². The average Bonchev–Trinajstić information content (AvgIpc) is 3.35. The number of aliphatic imine (C=N–C) groups is 1. The quantitative estimate of drug-likeness (QED) is 0.129. The fourth-order valence-electron chi connectivity index (χ4n) is 8.27. The Morgan fingerprint density at radius 3 is 2.38 bits per heavy atom. The molecule has 11 nitrogen and oxygen atoms in total. The summed E-state index contributed by atoms with van der Waals surface area (Å²) in [5.74, 6) is 0.684. The number of fused-ring (bicyclic) bond motifs is 3. The zero-order valence-electron chi connectivity index (χ0n) is 27.7. The van der Waals surface area contributed by atoms with Gasteiger partial charge in [0, 0.05) is 49.2 Å². The van der Waals surface area contributed by atoms with E-state index in [2.05, 4.69) is 33.3 Å². The van der Waals surface area contributed by atoms with Gasteiger partial charge in [-0.3, -0.25) is 19.5 Å². The third kappa shape index (κ3) is 9.28. The Kier molecular flexibility index (Phi) is 12.4. The van der Waals surface area contributed by atoms with Crippen LogP contribution < -0.4 is 21.5 Å². The molecule has 256 valence electrons. The molecule has 0 aromatic rings. The summed E-state index contributed by atoms with van der Waals surface area (Å²) in [5.41, 5.74) is 8.19. The van der Waals surface area contributed by atoms with Crippen LogP contribution in [-0.2, 0) is 19.1 Å². The summed E-state index contributed by atoms with van der Waals surface area (Å²) in [7, 11) is -0.406. The summed E-state index contributed by atoms with van der Waals surface area (Å²) >= 11 is 6.51. The topological polar surface area (TPSA) is 137 Å². The van der Waals surface area contributed by atoms with E-state index in [-0.39, 0.29) is 60.1 Å². The van der Waals surface area contributed by atoms with Crippen molar-refractivity contribution in [3.63, 3.8) is 0 Å². The third-order valence-corrected chi connectivity index (χ3v) is 12.0. The minimum atomic E-state index is -2.22. The number of nitrogens with zero attached hydrogens (tertiary/aromatic N) is 2. The van der Waals surface area contributed by atoms with Gasteiger partial charge in [0.1, 0.15) is 0 Å². The third-order valence-electron chi connectivity index (χ3n) is 10.7. The van der Waals surface area contributed by atoms with Gasteiger partial charge in [0.25, 0.3) is 0 Å². The summed E-state index contributed by atoms with van der Waals surface area (Å²) in [5, 5.41) is 6.32. The molecule has 13 heteroatoms. The Hall–Kier alpha value is -1.12.